The number of hydrogen-bond donors (Lipinski definition) is 0. The minimum Gasteiger partial charge on any atom is -0.381 e. The first-order valence-corrected chi connectivity index (χ1v) is 9.51. The number of imidazole rings is 1. The molecule has 2 fully saturated rings. The van der Waals surface area contributed by atoms with Gasteiger partial charge in [-0.2, -0.15) is 11.8 Å². The normalized spacial score (nSPS) is 23.4. The first-order chi connectivity index (χ1) is 10.9. The lowest BCUT2D eigenvalue weighted by Gasteiger charge is -2.21. The minimum absolute atomic E-state index is 0.611. The van der Waals surface area contributed by atoms with Crippen molar-refractivity contribution >= 4 is 22.9 Å². The van der Waals surface area contributed by atoms with Crippen molar-refractivity contribution in [3.8, 4) is 0 Å². The van der Waals surface area contributed by atoms with E-state index in [0.29, 0.717) is 5.92 Å². The van der Waals surface area contributed by atoms with Crippen LogP contribution in [0.3, 0.4) is 0 Å². The molecule has 2 saturated heterocycles. The number of pyridine rings is 1. The zero-order valence-electron chi connectivity index (χ0n) is 12.9. The zero-order valence-corrected chi connectivity index (χ0v) is 13.7. The van der Waals surface area contributed by atoms with Crippen molar-refractivity contribution in [1.29, 1.82) is 0 Å². The van der Waals surface area contributed by atoms with Crippen LogP contribution in [0.5, 0.6) is 0 Å². The zero-order chi connectivity index (χ0) is 14.8. The lowest BCUT2D eigenvalue weighted by atomic mass is 9.98. The number of rotatable bonds is 4. The Bertz CT molecular complexity index is 630. The van der Waals surface area contributed by atoms with Gasteiger partial charge in [0.05, 0.1) is 6.61 Å². The van der Waals surface area contributed by atoms with Crippen molar-refractivity contribution in [2.75, 3.05) is 24.7 Å². The van der Waals surface area contributed by atoms with Crippen LogP contribution < -0.4 is 0 Å². The summed E-state index contributed by atoms with van der Waals surface area (Å²) < 4.78 is 7.92. The average molecular weight is 317 g/mol. The fourth-order valence-electron chi connectivity index (χ4n) is 3.55. The first-order valence-electron chi connectivity index (χ1n) is 8.36. The van der Waals surface area contributed by atoms with E-state index in [1.807, 2.05) is 12.3 Å². The molecule has 0 aliphatic carbocycles. The van der Waals surface area contributed by atoms with E-state index in [4.69, 9.17) is 9.72 Å². The van der Waals surface area contributed by atoms with Crippen molar-refractivity contribution in [2.24, 2.45) is 11.8 Å². The second-order valence-corrected chi connectivity index (χ2v) is 7.70. The topological polar surface area (TPSA) is 39.9 Å². The Morgan fingerprint density at radius 3 is 2.95 bits per heavy atom. The van der Waals surface area contributed by atoms with Crippen molar-refractivity contribution in [3.63, 3.8) is 0 Å². The van der Waals surface area contributed by atoms with E-state index in [1.54, 1.807) is 0 Å². The average Bonchev–Trinajstić information content (AvgIpc) is 3.18. The molecule has 0 aromatic carbocycles. The van der Waals surface area contributed by atoms with Crippen molar-refractivity contribution in [3.05, 3.63) is 24.2 Å². The predicted octanol–water partition coefficient (Wildman–Crippen LogP) is 3.15. The van der Waals surface area contributed by atoms with Crippen LogP contribution in [0.1, 0.15) is 25.1 Å². The second-order valence-electron chi connectivity index (χ2n) is 6.47. The van der Waals surface area contributed by atoms with Crippen LogP contribution in [-0.4, -0.2) is 39.3 Å². The molecule has 0 N–H and O–H groups in total. The monoisotopic (exact) mass is 317 g/mol. The van der Waals surface area contributed by atoms with Crippen molar-refractivity contribution < 1.29 is 4.74 Å². The summed E-state index contributed by atoms with van der Waals surface area (Å²) in [4.78, 5) is 9.49. The molecule has 2 aliphatic heterocycles. The highest BCUT2D eigenvalue weighted by Crippen LogP contribution is 2.28. The molecule has 5 heteroatoms. The summed E-state index contributed by atoms with van der Waals surface area (Å²) >= 11 is 2.09. The molecular weight excluding hydrogens is 294 g/mol. The van der Waals surface area contributed by atoms with Gasteiger partial charge in [-0.3, -0.25) is 0 Å². The van der Waals surface area contributed by atoms with Gasteiger partial charge in [0.1, 0.15) is 11.3 Å². The molecule has 118 valence electrons. The van der Waals surface area contributed by atoms with Gasteiger partial charge in [0.15, 0.2) is 5.65 Å². The molecule has 1 unspecified atom stereocenters. The fourth-order valence-corrected chi connectivity index (χ4v) is 4.75. The van der Waals surface area contributed by atoms with Gasteiger partial charge in [-0.25, -0.2) is 9.97 Å². The second kappa shape index (κ2) is 6.59. The maximum atomic E-state index is 5.55. The predicted molar refractivity (Wildman–Crippen MR) is 90.2 cm³/mol. The molecule has 1 atom stereocenters. The third-order valence-corrected chi connectivity index (χ3v) is 5.91. The van der Waals surface area contributed by atoms with Crippen molar-refractivity contribution in [2.45, 2.75) is 32.2 Å². The van der Waals surface area contributed by atoms with Crippen LogP contribution in [0.25, 0.3) is 11.2 Å². The van der Waals surface area contributed by atoms with Crippen LogP contribution >= 0.6 is 11.8 Å². The number of fused-ring (bicyclic) bond motifs is 1. The minimum atomic E-state index is 0.611. The summed E-state index contributed by atoms with van der Waals surface area (Å²) in [6, 6.07) is 4.07. The Hall–Kier alpha value is -1.07. The summed E-state index contributed by atoms with van der Waals surface area (Å²) in [7, 11) is 0. The largest absolute Gasteiger partial charge is 0.381 e. The smallest absolute Gasteiger partial charge is 0.159 e. The third kappa shape index (κ3) is 3.01. The highest BCUT2D eigenvalue weighted by atomic mass is 32.2. The third-order valence-electron chi connectivity index (χ3n) is 4.86. The molecule has 0 bridgehead atoms. The maximum Gasteiger partial charge on any atom is 0.159 e. The Morgan fingerprint density at radius 1 is 1.23 bits per heavy atom. The molecule has 0 radical (unpaired) electrons. The number of hydrogen-bond acceptors (Lipinski definition) is 4. The van der Waals surface area contributed by atoms with E-state index in [-0.39, 0.29) is 0 Å². The van der Waals surface area contributed by atoms with Crippen LogP contribution in [-0.2, 0) is 17.7 Å². The van der Waals surface area contributed by atoms with E-state index >= 15 is 0 Å². The molecule has 4 heterocycles. The molecule has 0 saturated carbocycles. The van der Waals surface area contributed by atoms with Gasteiger partial charge in [0, 0.05) is 31.7 Å². The molecule has 4 rings (SSSR count). The van der Waals surface area contributed by atoms with Crippen LogP contribution in [0.15, 0.2) is 18.3 Å². The van der Waals surface area contributed by atoms with E-state index < -0.39 is 0 Å². The molecular formula is C17H23N3OS. The lowest BCUT2D eigenvalue weighted by Crippen LogP contribution is -2.18. The maximum absolute atomic E-state index is 5.55. The molecule has 2 aromatic heterocycles. The molecule has 22 heavy (non-hydrogen) atoms. The van der Waals surface area contributed by atoms with Gasteiger partial charge in [0.25, 0.3) is 0 Å². The number of thioether (sulfide) groups is 1. The SMILES string of the molecule is c1cnc2c(c1)nc(CC1CCSCC1)n2CC1CCOC1. The summed E-state index contributed by atoms with van der Waals surface area (Å²) in [6.45, 7) is 2.79. The first kappa shape index (κ1) is 14.5. The van der Waals surface area contributed by atoms with E-state index in [2.05, 4.69) is 27.4 Å². The highest BCUT2D eigenvalue weighted by Gasteiger charge is 2.22. The van der Waals surface area contributed by atoms with E-state index in [0.717, 1.165) is 49.7 Å². The Balaban J connectivity index is 1.62. The van der Waals surface area contributed by atoms with Crippen LogP contribution in [0.4, 0.5) is 0 Å². The standard InChI is InChI=1S/C17H23N3OS/c1-2-15-17(18-6-1)20(11-14-3-7-21-12-14)16(19-15)10-13-4-8-22-9-5-13/h1-2,6,13-14H,3-5,7-12H2. The van der Waals surface area contributed by atoms with E-state index in [9.17, 15) is 0 Å². The molecule has 4 nitrogen and oxygen atoms in total. The van der Waals surface area contributed by atoms with Crippen molar-refractivity contribution in [1.82, 2.24) is 14.5 Å². The molecule has 2 aliphatic rings. The quantitative estimate of drug-likeness (QED) is 0.868. The molecule has 0 spiro atoms. The summed E-state index contributed by atoms with van der Waals surface area (Å²) in [5.74, 6) is 5.24. The Labute approximate surface area is 135 Å². The summed E-state index contributed by atoms with van der Waals surface area (Å²) in [5.41, 5.74) is 2.09. The molecule has 2 aromatic rings. The van der Waals surface area contributed by atoms with Gasteiger partial charge in [0.2, 0.25) is 0 Å². The van der Waals surface area contributed by atoms with E-state index in [1.165, 1.54) is 30.2 Å². The van der Waals surface area contributed by atoms with Gasteiger partial charge in [-0.05, 0) is 48.8 Å². The number of nitrogens with zero attached hydrogens (tertiary/aromatic N) is 3. The van der Waals surface area contributed by atoms with Gasteiger partial charge < -0.3 is 9.30 Å². The Morgan fingerprint density at radius 2 is 2.14 bits per heavy atom. The van der Waals surface area contributed by atoms with Gasteiger partial charge >= 0.3 is 0 Å². The summed E-state index contributed by atoms with van der Waals surface area (Å²) in [5, 5.41) is 0. The van der Waals surface area contributed by atoms with Crippen LogP contribution in [0, 0.1) is 11.8 Å². The Kier molecular flexibility index (Phi) is 4.35. The number of ether oxygens (including phenoxy) is 1. The fraction of sp³-hybridized carbons (Fsp3) is 0.647. The van der Waals surface area contributed by atoms with Crippen LogP contribution in [0.2, 0.25) is 0 Å². The highest BCUT2D eigenvalue weighted by molar-refractivity contribution is 7.99. The van der Waals surface area contributed by atoms with Gasteiger partial charge in [-0.15, -0.1) is 0 Å². The van der Waals surface area contributed by atoms with Gasteiger partial charge in [-0.1, -0.05) is 0 Å². The number of aromatic nitrogens is 3. The molecule has 0 amide bonds. The summed E-state index contributed by atoms with van der Waals surface area (Å²) in [6.07, 6.45) is 6.80. The lowest BCUT2D eigenvalue weighted by molar-refractivity contribution is 0.182.